The number of rotatable bonds is 1. The van der Waals surface area contributed by atoms with E-state index >= 15 is 0 Å². The van der Waals surface area contributed by atoms with Crippen LogP contribution < -0.4 is 5.46 Å². The fourth-order valence-electron chi connectivity index (χ4n) is 1.40. The van der Waals surface area contributed by atoms with E-state index in [4.69, 9.17) is 10.0 Å². The molecule has 0 fully saturated rings. The van der Waals surface area contributed by atoms with Crippen molar-refractivity contribution in [1.29, 1.82) is 0 Å². The van der Waals surface area contributed by atoms with Crippen LogP contribution in [0.5, 0.6) is 0 Å². The molecule has 0 aliphatic heterocycles. The van der Waals surface area contributed by atoms with Gasteiger partial charge >= 0.3 is 7.12 Å². The van der Waals surface area contributed by atoms with Crippen LogP contribution in [-0.4, -0.2) is 26.4 Å². The van der Waals surface area contributed by atoms with Crippen molar-refractivity contribution in [2.75, 3.05) is 0 Å². The van der Waals surface area contributed by atoms with Crippen molar-refractivity contribution < 1.29 is 10.0 Å². The number of aromatic nitrogens is 2. The van der Waals surface area contributed by atoms with Crippen LogP contribution in [0.1, 0.15) is 0 Å². The zero-order valence-corrected chi connectivity index (χ0v) is 6.68. The summed E-state index contributed by atoms with van der Waals surface area (Å²) in [4.78, 5) is 0. The Morgan fingerprint density at radius 1 is 1.42 bits per heavy atom. The van der Waals surface area contributed by atoms with Crippen molar-refractivity contribution in [3.05, 3.63) is 24.5 Å². The third kappa shape index (κ3) is 0.872. The van der Waals surface area contributed by atoms with Crippen molar-refractivity contribution in [2.45, 2.75) is 0 Å². The van der Waals surface area contributed by atoms with Crippen molar-refractivity contribution in [3.63, 3.8) is 0 Å². The molecular formula is C7H9BN2O2. The highest BCUT2D eigenvalue weighted by Gasteiger charge is 2.17. The van der Waals surface area contributed by atoms with E-state index in [-0.39, 0.29) is 0 Å². The molecule has 4 nitrogen and oxygen atoms in total. The van der Waals surface area contributed by atoms with Gasteiger partial charge in [0.25, 0.3) is 0 Å². The average Bonchev–Trinajstić information content (AvgIpc) is 2.53. The fourth-order valence-corrected chi connectivity index (χ4v) is 1.40. The summed E-state index contributed by atoms with van der Waals surface area (Å²) in [6.45, 7) is 0. The number of hydrogen-bond donors (Lipinski definition) is 2. The van der Waals surface area contributed by atoms with Crippen molar-refractivity contribution >= 4 is 18.1 Å². The molecular weight excluding hydrogens is 155 g/mol. The lowest BCUT2D eigenvalue weighted by Crippen LogP contribution is -2.29. The van der Waals surface area contributed by atoms with Crippen LogP contribution in [0.3, 0.4) is 0 Å². The predicted octanol–water partition coefficient (Wildman–Crippen LogP) is -1.04. The molecule has 0 unspecified atom stereocenters. The number of nitrogens with zero attached hydrogens (tertiary/aromatic N) is 2. The van der Waals surface area contributed by atoms with Gasteiger partial charge < -0.3 is 10.0 Å². The van der Waals surface area contributed by atoms with E-state index in [1.165, 1.54) is 0 Å². The fraction of sp³-hybridized carbons (Fsp3) is 0.143. The van der Waals surface area contributed by atoms with Crippen LogP contribution in [0.25, 0.3) is 5.52 Å². The van der Waals surface area contributed by atoms with Crippen molar-refractivity contribution in [1.82, 2.24) is 9.20 Å². The lowest BCUT2D eigenvalue weighted by molar-refractivity contribution is 0.426. The zero-order valence-electron chi connectivity index (χ0n) is 6.68. The molecule has 0 spiro atoms. The number of fused-ring (bicyclic) bond motifs is 1. The quantitative estimate of drug-likeness (QED) is 0.528. The largest absolute Gasteiger partial charge is 0.492 e. The van der Waals surface area contributed by atoms with E-state index in [1.54, 1.807) is 10.9 Å². The topological polar surface area (TPSA) is 49.8 Å². The van der Waals surface area contributed by atoms with Crippen LogP contribution in [-0.2, 0) is 7.05 Å². The molecule has 2 rings (SSSR count). The van der Waals surface area contributed by atoms with Gasteiger partial charge in [0.2, 0.25) is 0 Å². The van der Waals surface area contributed by atoms with E-state index < -0.39 is 7.12 Å². The summed E-state index contributed by atoms with van der Waals surface area (Å²) in [5, 5.41) is 18.0. The second-order valence-electron chi connectivity index (χ2n) is 2.77. The number of aryl methyl sites for hydroxylation is 1. The molecule has 0 saturated heterocycles. The summed E-state index contributed by atoms with van der Waals surface area (Å²) >= 11 is 0. The highest BCUT2D eigenvalue weighted by molar-refractivity contribution is 6.61. The van der Waals surface area contributed by atoms with Crippen LogP contribution in [0.2, 0.25) is 0 Å². The maximum atomic E-state index is 8.98. The first-order valence-corrected chi connectivity index (χ1v) is 3.69. The molecule has 0 radical (unpaired) electrons. The maximum Gasteiger partial charge on any atom is 0.492 e. The first-order chi connectivity index (χ1) is 5.70. The smallest absolute Gasteiger partial charge is 0.423 e. The molecule has 5 heteroatoms. The Morgan fingerprint density at radius 3 is 2.83 bits per heavy atom. The molecule has 2 heterocycles. The molecule has 0 amide bonds. The molecule has 0 aliphatic rings. The van der Waals surface area contributed by atoms with Gasteiger partial charge in [0, 0.05) is 24.9 Å². The van der Waals surface area contributed by atoms with Gasteiger partial charge in [-0.25, -0.2) is 0 Å². The van der Waals surface area contributed by atoms with Crippen LogP contribution in [0, 0.1) is 0 Å². The van der Waals surface area contributed by atoms with E-state index in [0.29, 0.717) is 5.46 Å². The molecule has 2 aromatic heterocycles. The van der Waals surface area contributed by atoms with E-state index in [0.717, 1.165) is 5.52 Å². The standard InChI is InChI=1S/C7H9BN2O2/c1-9-5-6(8(11)12)7-3-2-4-10(7)9/h2-5,11-12H,1H3. The zero-order chi connectivity index (χ0) is 8.72. The average molecular weight is 164 g/mol. The normalized spacial score (nSPS) is 10.9. The van der Waals surface area contributed by atoms with E-state index in [2.05, 4.69) is 0 Å². The summed E-state index contributed by atoms with van der Waals surface area (Å²) in [7, 11) is 0.447. The third-order valence-corrected chi connectivity index (χ3v) is 1.97. The van der Waals surface area contributed by atoms with E-state index in [9.17, 15) is 0 Å². The molecule has 2 N–H and O–H groups in total. The maximum absolute atomic E-state index is 8.98. The highest BCUT2D eigenvalue weighted by Crippen LogP contribution is 2.02. The summed E-state index contributed by atoms with van der Waals surface area (Å²) in [6.07, 6.45) is 3.56. The summed E-state index contributed by atoms with van der Waals surface area (Å²) in [5.74, 6) is 0. The summed E-state index contributed by atoms with van der Waals surface area (Å²) in [6, 6.07) is 3.70. The van der Waals surface area contributed by atoms with Crippen LogP contribution in [0.15, 0.2) is 24.5 Å². The Hall–Kier alpha value is -1.20. The second-order valence-corrected chi connectivity index (χ2v) is 2.77. The van der Waals surface area contributed by atoms with Gasteiger partial charge in [-0.2, -0.15) is 0 Å². The van der Waals surface area contributed by atoms with Crippen molar-refractivity contribution in [3.8, 4) is 0 Å². The van der Waals surface area contributed by atoms with Gasteiger partial charge in [-0.05, 0) is 12.1 Å². The first kappa shape index (κ1) is 7.45. The van der Waals surface area contributed by atoms with Crippen LogP contribution >= 0.6 is 0 Å². The Labute approximate surface area is 69.8 Å². The molecule has 0 bridgehead atoms. The van der Waals surface area contributed by atoms with Gasteiger partial charge in [0.1, 0.15) is 0 Å². The Balaban J connectivity index is 2.75. The Morgan fingerprint density at radius 2 is 2.17 bits per heavy atom. The molecule has 0 atom stereocenters. The predicted molar refractivity (Wildman–Crippen MR) is 46.2 cm³/mol. The minimum atomic E-state index is -1.40. The Kier molecular flexibility index (Phi) is 1.49. The van der Waals surface area contributed by atoms with Crippen molar-refractivity contribution in [2.24, 2.45) is 7.05 Å². The molecule has 0 aliphatic carbocycles. The third-order valence-electron chi connectivity index (χ3n) is 1.97. The summed E-state index contributed by atoms with van der Waals surface area (Å²) < 4.78 is 3.64. The lowest BCUT2D eigenvalue weighted by atomic mass is 9.81. The molecule has 12 heavy (non-hydrogen) atoms. The molecule has 2 aromatic rings. The minimum Gasteiger partial charge on any atom is -0.423 e. The van der Waals surface area contributed by atoms with Gasteiger partial charge in [-0.3, -0.25) is 9.20 Å². The number of hydrogen-bond acceptors (Lipinski definition) is 2. The van der Waals surface area contributed by atoms with Crippen LogP contribution in [0.4, 0.5) is 0 Å². The van der Waals surface area contributed by atoms with Gasteiger partial charge in [-0.1, -0.05) is 0 Å². The summed E-state index contributed by atoms with van der Waals surface area (Å²) in [5.41, 5.74) is 1.36. The highest BCUT2D eigenvalue weighted by atomic mass is 16.4. The van der Waals surface area contributed by atoms with Gasteiger partial charge in [0.15, 0.2) is 0 Å². The lowest BCUT2D eigenvalue weighted by Gasteiger charge is -1.91. The van der Waals surface area contributed by atoms with Gasteiger partial charge in [0.05, 0.1) is 5.52 Å². The molecule has 0 aromatic carbocycles. The second kappa shape index (κ2) is 2.40. The van der Waals surface area contributed by atoms with E-state index in [1.807, 2.05) is 29.9 Å². The SMILES string of the molecule is Cn1cc(B(O)O)c2cccn21. The first-order valence-electron chi connectivity index (χ1n) is 3.69. The Bertz CT molecular complexity index is 404. The molecule has 0 saturated carbocycles. The minimum absolute atomic E-state index is 0.530. The monoisotopic (exact) mass is 164 g/mol. The molecule has 62 valence electrons. The van der Waals surface area contributed by atoms with Gasteiger partial charge in [-0.15, -0.1) is 0 Å².